The molecule has 0 aliphatic carbocycles. The molecule has 0 bridgehead atoms. The Balaban J connectivity index is 2.25. The summed E-state index contributed by atoms with van der Waals surface area (Å²) in [6, 6.07) is 14.7. The van der Waals surface area contributed by atoms with Gasteiger partial charge in [-0.15, -0.1) is 11.8 Å². The quantitative estimate of drug-likeness (QED) is 0.761. The van der Waals surface area contributed by atoms with Gasteiger partial charge in [-0.3, -0.25) is 0 Å². The third kappa shape index (κ3) is 2.92. The summed E-state index contributed by atoms with van der Waals surface area (Å²) >= 11 is 4.60. The third-order valence-corrected chi connectivity index (χ3v) is 4.22. The molecule has 0 saturated heterocycles. The number of rotatable bonds is 3. The zero-order valence-corrected chi connectivity index (χ0v) is 11.8. The molecule has 2 aromatic rings. The first-order valence-electron chi connectivity index (χ1n) is 5.27. The van der Waals surface area contributed by atoms with E-state index in [0.717, 1.165) is 5.56 Å². The number of benzene rings is 2. The molecular formula is C14H9BrFNS. The molecule has 0 fully saturated rings. The Labute approximate surface area is 118 Å². The van der Waals surface area contributed by atoms with Crippen LogP contribution in [-0.4, -0.2) is 0 Å². The number of thioether (sulfide) groups is 1. The number of hydrogen-bond acceptors (Lipinski definition) is 2. The zero-order valence-electron chi connectivity index (χ0n) is 9.36. The predicted molar refractivity (Wildman–Crippen MR) is 74.8 cm³/mol. The Hall–Kier alpha value is -1.31. The van der Waals surface area contributed by atoms with Gasteiger partial charge in [0.1, 0.15) is 11.9 Å². The molecule has 2 rings (SSSR count). The van der Waals surface area contributed by atoms with E-state index in [-0.39, 0.29) is 5.82 Å². The largest absolute Gasteiger partial charge is 0.206 e. The van der Waals surface area contributed by atoms with E-state index in [1.165, 1.54) is 17.8 Å². The lowest BCUT2D eigenvalue weighted by Crippen LogP contribution is -1.90. The van der Waals surface area contributed by atoms with Gasteiger partial charge in [-0.2, -0.15) is 5.26 Å². The van der Waals surface area contributed by atoms with Gasteiger partial charge in [-0.05, 0) is 33.6 Å². The average Bonchev–Trinajstić information content (AvgIpc) is 2.41. The summed E-state index contributed by atoms with van der Waals surface area (Å²) in [4.78, 5) is 0.399. The molecule has 1 nitrogen and oxygen atoms in total. The molecule has 0 spiro atoms. The lowest BCUT2D eigenvalue weighted by atomic mass is 10.2. The minimum atomic E-state index is -0.351. The van der Waals surface area contributed by atoms with E-state index in [1.807, 2.05) is 36.4 Å². The van der Waals surface area contributed by atoms with Gasteiger partial charge in [0.05, 0.1) is 10.5 Å². The molecule has 0 amide bonds. The summed E-state index contributed by atoms with van der Waals surface area (Å²) in [5.74, 6) is 0.291. The van der Waals surface area contributed by atoms with Crippen molar-refractivity contribution in [1.82, 2.24) is 0 Å². The van der Waals surface area contributed by atoms with Crippen molar-refractivity contribution in [2.75, 3.05) is 0 Å². The van der Waals surface area contributed by atoms with E-state index >= 15 is 0 Å². The van der Waals surface area contributed by atoms with Crippen molar-refractivity contribution in [3.63, 3.8) is 0 Å². The Morgan fingerprint density at radius 1 is 1.17 bits per heavy atom. The molecule has 0 saturated carbocycles. The highest BCUT2D eigenvalue weighted by Crippen LogP contribution is 2.32. The average molecular weight is 322 g/mol. The molecule has 0 heterocycles. The molecule has 0 aromatic heterocycles. The van der Waals surface area contributed by atoms with Crippen molar-refractivity contribution < 1.29 is 4.39 Å². The first kappa shape index (κ1) is 13.1. The van der Waals surface area contributed by atoms with E-state index in [0.29, 0.717) is 20.7 Å². The summed E-state index contributed by atoms with van der Waals surface area (Å²) in [7, 11) is 0. The highest BCUT2D eigenvalue weighted by atomic mass is 79.9. The van der Waals surface area contributed by atoms with Gasteiger partial charge in [0.25, 0.3) is 0 Å². The van der Waals surface area contributed by atoms with Gasteiger partial charge >= 0.3 is 0 Å². The fraction of sp³-hybridized carbons (Fsp3) is 0.0714. The highest BCUT2D eigenvalue weighted by Gasteiger charge is 2.12. The standard InChI is InChI=1S/C14H9BrFNS/c15-12-6-7-13(16)14(11(12)8-17)18-9-10-4-2-1-3-5-10/h1-7H,9H2. The van der Waals surface area contributed by atoms with E-state index in [9.17, 15) is 4.39 Å². The molecule has 18 heavy (non-hydrogen) atoms. The van der Waals surface area contributed by atoms with Crippen LogP contribution in [0.15, 0.2) is 51.8 Å². The minimum Gasteiger partial charge on any atom is -0.206 e. The van der Waals surface area contributed by atoms with Gasteiger partial charge in [0.15, 0.2) is 0 Å². The second-order valence-corrected chi connectivity index (χ2v) is 5.46. The van der Waals surface area contributed by atoms with Crippen molar-refractivity contribution in [2.45, 2.75) is 10.6 Å². The van der Waals surface area contributed by atoms with Crippen LogP contribution in [0.1, 0.15) is 11.1 Å². The Morgan fingerprint density at radius 3 is 2.56 bits per heavy atom. The van der Waals surface area contributed by atoms with Crippen LogP contribution in [0.2, 0.25) is 0 Å². The summed E-state index contributed by atoms with van der Waals surface area (Å²) < 4.78 is 14.4. The number of nitrogens with zero attached hydrogens (tertiary/aromatic N) is 1. The number of halogens is 2. The molecule has 0 radical (unpaired) electrons. The van der Waals surface area contributed by atoms with Crippen LogP contribution < -0.4 is 0 Å². The molecule has 2 aromatic carbocycles. The van der Waals surface area contributed by atoms with Crippen LogP contribution in [-0.2, 0) is 5.75 Å². The summed E-state index contributed by atoms with van der Waals surface area (Å²) in [6.07, 6.45) is 0. The van der Waals surface area contributed by atoms with Crippen molar-refractivity contribution >= 4 is 27.7 Å². The van der Waals surface area contributed by atoms with Crippen molar-refractivity contribution in [3.05, 3.63) is 63.9 Å². The predicted octanol–water partition coefficient (Wildman–Crippen LogP) is 4.75. The van der Waals surface area contributed by atoms with Crippen LogP contribution in [0.25, 0.3) is 0 Å². The van der Waals surface area contributed by atoms with Crippen LogP contribution in [0.5, 0.6) is 0 Å². The molecule has 90 valence electrons. The van der Waals surface area contributed by atoms with Crippen molar-refractivity contribution in [3.8, 4) is 6.07 Å². The fourth-order valence-electron chi connectivity index (χ4n) is 1.51. The lowest BCUT2D eigenvalue weighted by molar-refractivity contribution is 0.600. The van der Waals surface area contributed by atoms with Crippen LogP contribution in [0.3, 0.4) is 0 Å². The van der Waals surface area contributed by atoms with Gasteiger partial charge in [-0.1, -0.05) is 30.3 Å². The van der Waals surface area contributed by atoms with Gasteiger partial charge in [-0.25, -0.2) is 4.39 Å². The lowest BCUT2D eigenvalue weighted by Gasteiger charge is -2.07. The Kier molecular flexibility index (Phi) is 4.40. The molecule has 0 aliphatic heterocycles. The van der Waals surface area contributed by atoms with E-state index in [1.54, 1.807) is 6.07 Å². The first-order valence-corrected chi connectivity index (χ1v) is 7.05. The summed E-state index contributed by atoms with van der Waals surface area (Å²) in [5.41, 5.74) is 1.46. The summed E-state index contributed by atoms with van der Waals surface area (Å²) in [5, 5.41) is 9.06. The van der Waals surface area contributed by atoms with Gasteiger partial charge in [0.2, 0.25) is 0 Å². The molecule has 0 aliphatic rings. The number of hydrogen-bond donors (Lipinski definition) is 0. The van der Waals surface area contributed by atoms with Gasteiger partial charge < -0.3 is 0 Å². The maximum atomic E-state index is 13.7. The minimum absolute atomic E-state index is 0.351. The Morgan fingerprint density at radius 2 is 1.89 bits per heavy atom. The first-order chi connectivity index (χ1) is 8.72. The maximum absolute atomic E-state index is 13.7. The second kappa shape index (κ2) is 6.03. The van der Waals surface area contributed by atoms with E-state index in [4.69, 9.17) is 5.26 Å². The van der Waals surface area contributed by atoms with Crippen LogP contribution >= 0.6 is 27.7 Å². The molecule has 0 unspecified atom stereocenters. The molecule has 0 atom stereocenters. The van der Waals surface area contributed by atoms with E-state index in [2.05, 4.69) is 15.9 Å². The SMILES string of the molecule is N#Cc1c(Br)ccc(F)c1SCc1ccccc1. The van der Waals surface area contributed by atoms with Crippen molar-refractivity contribution in [2.24, 2.45) is 0 Å². The highest BCUT2D eigenvalue weighted by molar-refractivity contribution is 9.10. The van der Waals surface area contributed by atoms with Gasteiger partial charge in [0, 0.05) is 10.2 Å². The molecular weight excluding hydrogens is 313 g/mol. The normalized spacial score (nSPS) is 10.1. The van der Waals surface area contributed by atoms with Crippen LogP contribution in [0, 0.1) is 17.1 Å². The smallest absolute Gasteiger partial charge is 0.138 e. The topological polar surface area (TPSA) is 23.8 Å². The third-order valence-electron chi connectivity index (χ3n) is 2.40. The zero-order chi connectivity index (χ0) is 13.0. The molecule has 0 N–H and O–H groups in total. The molecule has 4 heteroatoms. The van der Waals surface area contributed by atoms with Crippen LogP contribution in [0.4, 0.5) is 4.39 Å². The Bertz CT molecular complexity index is 593. The maximum Gasteiger partial charge on any atom is 0.138 e. The van der Waals surface area contributed by atoms with Crippen molar-refractivity contribution in [1.29, 1.82) is 5.26 Å². The fourth-order valence-corrected chi connectivity index (χ4v) is 3.07. The monoisotopic (exact) mass is 321 g/mol. The van der Waals surface area contributed by atoms with E-state index < -0.39 is 0 Å². The second-order valence-electron chi connectivity index (χ2n) is 3.62. The summed E-state index contributed by atoms with van der Waals surface area (Å²) in [6.45, 7) is 0. The number of nitriles is 1.